The standard InChI is InChI=1S/C14H23N3/c1-3-15-13-7-5-6-8-14(13)17-11-9-16(4-2)10-12-17/h5-8,15H,3-4,9-12H2,1-2H3. The van der Waals surface area contributed by atoms with E-state index in [9.17, 15) is 0 Å². The molecule has 1 fully saturated rings. The highest BCUT2D eigenvalue weighted by Crippen LogP contribution is 2.26. The van der Waals surface area contributed by atoms with Crippen molar-refractivity contribution in [3.05, 3.63) is 24.3 Å². The molecule has 1 aromatic rings. The van der Waals surface area contributed by atoms with Crippen LogP contribution in [-0.2, 0) is 0 Å². The monoisotopic (exact) mass is 233 g/mol. The van der Waals surface area contributed by atoms with Gasteiger partial charge in [-0.05, 0) is 25.6 Å². The lowest BCUT2D eigenvalue weighted by Crippen LogP contribution is -2.46. The molecule has 0 spiro atoms. The van der Waals surface area contributed by atoms with Crippen LogP contribution in [0.15, 0.2) is 24.3 Å². The number of benzene rings is 1. The van der Waals surface area contributed by atoms with Gasteiger partial charge in [-0.15, -0.1) is 0 Å². The highest BCUT2D eigenvalue weighted by molar-refractivity contribution is 5.70. The van der Waals surface area contributed by atoms with E-state index in [-0.39, 0.29) is 0 Å². The molecule has 1 aliphatic rings. The SMILES string of the molecule is CCNc1ccccc1N1CCN(CC)CC1. The van der Waals surface area contributed by atoms with E-state index in [0.717, 1.165) is 19.6 Å². The number of piperazine rings is 1. The number of nitrogens with zero attached hydrogens (tertiary/aromatic N) is 2. The molecule has 1 aromatic carbocycles. The lowest BCUT2D eigenvalue weighted by molar-refractivity contribution is 0.271. The van der Waals surface area contributed by atoms with Crippen LogP contribution in [0.5, 0.6) is 0 Å². The Kier molecular flexibility index (Phi) is 4.26. The third-order valence-corrected chi connectivity index (χ3v) is 3.43. The van der Waals surface area contributed by atoms with E-state index >= 15 is 0 Å². The van der Waals surface area contributed by atoms with Crippen LogP contribution >= 0.6 is 0 Å². The van der Waals surface area contributed by atoms with Gasteiger partial charge in [0.2, 0.25) is 0 Å². The zero-order valence-corrected chi connectivity index (χ0v) is 10.9. The first-order valence-corrected chi connectivity index (χ1v) is 6.65. The number of likely N-dealkylation sites (N-methyl/N-ethyl adjacent to an activating group) is 1. The number of rotatable bonds is 4. The summed E-state index contributed by atoms with van der Waals surface area (Å²) in [4.78, 5) is 5.00. The van der Waals surface area contributed by atoms with E-state index in [1.54, 1.807) is 0 Å². The summed E-state index contributed by atoms with van der Waals surface area (Å²) in [5, 5.41) is 3.44. The summed E-state index contributed by atoms with van der Waals surface area (Å²) in [5.41, 5.74) is 2.62. The topological polar surface area (TPSA) is 18.5 Å². The van der Waals surface area contributed by atoms with Crippen molar-refractivity contribution < 1.29 is 0 Å². The molecule has 2 rings (SSSR count). The average Bonchev–Trinajstić information content (AvgIpc) is 2.40. The fourth-order valence-corrected chi connectivity index (χ4v) is 2.39. The van der Waals surface area contributed by atoms with Crippen LogP contribution in [0.2, 0.25) is 0 Å². The average molecular weight is 233 g/mol. The van der Waals surface area contributed by atoms with E-state index in [1.165, 1.54) is 31.0 Å². The molecule has 0 radical (unpaired) electrons. The molecule has 94 valence electrons. The Morgan fingerprint density at radius 3 is 2.41 bits per heavy atom. The van der Waals surface area contributed by atoms with Crippen molar-refractivity contribution in [2.24, 2.45) is 0 Å². The molecular formula is C14H23N3. The fraction of sp³-hybridized carbons (Fsp3) is 0.571. The van der Waals surface area contributed by atoms with Gasteiger partial charge in [0.1, 0.15) is 0 Å². The van der Waals surface area contributed by atoms with Gasteiger partial charge in [0.25, 0.3) is 0 Å². The molecule has 0 aliphatic carbocycles. The number of hydrogen-bond acceptors (Lipinski definition) is 3. The normalized spacial score (nSPS) is 17.2. The van der Waals surface area contributed by atoms with Crippen LogP contribution in [0.25, 0.3) is 0 Å². The molecule has 0 aromatic heterocycles. The molecule has 0 bridgehead atoms. The summed E-state index contributed by atoms with van der Waals surface area (Å²) in [6.07, 6.45) is 0. The summed E-state index contributed by atoms with van der Waals surface area (Å²) in [5.74, 6) is 0. The van der Waals surface area contributed by atoms with Crippen LogP contribution in [0.4, 0.5) is 11.4 Å². The third kappa shape index (κ3) is 2.91. The molecule has 1 aliphatic heterocycles. The van der Waals surface area contributed by atoms with Gasteiger partial charge in [0.05, 0.1) is 11.4 Å². The molecule has 0 unspecified atom stereocenters. The van der Waals surface area contributed by atoms with Gasteiger partial charge >= 0.3 is 0 Å². The molecule has 1 N–H and O–H groups in total. The second kappa shape index (κ2) is 5.92. The van der Waals surface area contributed by atoms with E-state index in [2.05, 4.69) is 53.2 Å². The maximum atomic E-state index is 3.44. The Hall–Kier alpha value is -1.22. The molecule has 3 heteroatoms. The summed E-state index contributed by atoms with van der Waals surface area (Å²) in [6.45, 7) is 11.2. The van der Waals surface area contributed by atoms with Gasteiger partial charge in [-0.2, -0.15) is 0 Å². The van der Waals surface area contributed by atoms with Crippen molar-refractivity contribution in [3.8, 4) is 0 Å². The molecule has 3 nitrogen and oxygen atoms in total. The van der Waals surface area contributed by atoms with Crippen molar-refractivity contribution in [2.75, 3.05) is 49.5 Å². The van der Waals surface area contributed by atoms with Gasteiger partial charge in [-0.3, -0.25) is 0 Å². The second-order valence-electron chi connectivity index (χ2n) is 4.47. The van der Waals surface area contributed by atoms with Gasteiger partial charge in [-0.1, -0.05) is 19.1 Å². The number of hydrogen-bond donors (Lipinski definition) is 1. The van der Waals surface area contributed by atoms with Gasteiger partial charge < -0.3 is 15.1 Å². The highest BCUT2D eigenvalue weighted by atomic mass is 15.3. The third-order valence-electron chi connectivity index (χ3n) is 3.43. The minimum Gasteiger partial charge on any atom is -0.384 e. The predicted octanol–water partition coefficient (Wildman–Crippen LogP) is 2.26. The molecular weight excluding hydrogens is 210 g/mol. The fourth-order valence-electron chi connectivity index (χ4n) is 2.39. The highest BCUT2D eigenvalue weighted by Gasteiger charge is 2.17. The number of anilines is 2. The number of nitrogens with one attached hydrogen (secondary N) is 1. The maximum Gasteiger partial charge on any atom is 0.0602 e. The van der Waals surface area contributed by atoms with E-state index in [1.807, 2.05) is 0 Å². The minimum atomic E-state index is 0.978. The van der Waals surface area contributed by atoms with Crippen LogP contribution < -0.4 is 10.2 Å². The van der Waals surface area contributed by atoms with Crippen molar-refractivity contribution in [2.45, 2.75) is 13.8 Å². The van der Waals surface area contributed by atoms with E-state index in [0.29, 0.717) is 0 Å². The Bertz CT molecular complexity index is 343. The Morgan fingerprint density at radius 2 is 1.76 bits per heavy atom. The molecule has 1 saturated heterocycles. The molecule has 0 amide bonds. The Labute approximate surface area is 104 Å². The van der Waals surface area contributed by atoms with Crippen molar-refractivity contribution in [1.82, 2.24) is 4.90 Å². The van der Waals surface area contributed by atoms with E-state index < -0.39 is 0 Å². The molecule has 17 heavy (non-hydrogen) atoms. The van der Waals surface area contributed by atoms with Crippen LogP contribution in [0.1, 0.15) is 13.8 Å². The Morgan fingerprint density at radius 1 is 1.06 bits per heavy atom. The zero-order chi connectivity index (χ0) is 12.1. The first kappa shape index (κ1) is 12.2. The van der Waals surface area contributed by atoms with Crippen LogP contribution in [-0.4, -0.2) is 44.2 Å². The molecule has 0 saturated carbocycles. The van der Waals surface area contributed by atoms with Crippen LogP contribution in [0, 0.1) is 0 Å². The predicted molar refractivity (Wildman–Crippen MR) is 74.9 cm³/mol. The van der Waals surface area contributed by atoms with Gasteiger partial charge in [0.15, 0.2) is 0 Å². The first-order chi connectivity index (χ1) is 8.35. The zero-order valence-electron chi connectivity index (χ0n) is 10.9. The summed E-state index contributed by atoms with van der Waals surface area (Å²) in [6, 6.07) is 8.62. The summed E-state index contributed by atoms with van der Waals surface area (Å²) in [7, 11) is 0. The maximum absolute atomic E-state index is 3.44. The summed E-state index contributed by atoms with van der Waals surface area (Å²) < 4.78 is 0. The first-order valence-electron chi connectivity index (χ1n) is 6.65. The van der Waals surface area contributed by atoms with E-state index in [4.69, 9.17) is 0 Å². The second-order valence-corrected chi connectivity index (χ2v) is 4.47. The van der Waals surface area contributed by atoms with Crippen LogP contribution in [0.3, 0.4) is 0 Å². The van der Waals surface area contributed by atoms with Crippen molar-refractivity contribution >= 4 is 11.4 Å². The Balaban J connectivity index is 2.07. The quantitative estimate of drug-likeness (QED) is 0.860. The molecule has 0 atom stereocenters. The lowest BCUT2D eigenvalue weighted by atomic mass is 10.2. The van der Waals surface area contributed by atoms with Gasteiger partial charge in [-0.25, -0.2) is 0 Å². The summed E-state index contributed by atoms with van der Waals surface area (Å²) >= 11 is 0. The molecule has 1 heterocycles. The number of para-hydroxylation sites is 2. The minimum absolute atomic E-state index is 0.978. The largest absolute Gasteiger partial charge is 0.384 e. The van der Waals surface area contributed by atoms with Crippen molar-refractivity contribution in [3.63, 3.8) is 0 Å². The van der Waals surface area contributed by atoms with Crippen molar-refractivity contribution in [1.29, 1.82) is 0 Å². The van der Waals surface area contributed by atoms with Gasteiger partial charge in [0, 0.05) is 32.7 Å². The lowest BCUT2D eigenvalue weighted by Gasteiger charge is -2.36. The smallest absolute Gasteiger partial charge is 0.0602 e.